The number of carbonyl (C=O) groups excluding carboxylic acids is 1. The van der Waals surface area contributed by atoms with Gasteiger partial charge in [-0.1, -0.05) is 25.6 Å². The number of amidine groups is 1. The van der Waals surface area contributed by atoms with Crippen molar-refractivity contribution in [1.82, 2.24) is 10.6 Å². The predicted molar refractivity (Wildman–Crippen MR) is 79.0 cm³/mol. The number of thioether (sulfide) groups is 1. The first-order valence-corrected chi connectivity index (χ1v) is 7.47. The van der Waals surface area contributed by atoms with Crippen molar-refractivity contribution in [2.45, 2.75) is 59.2 Å². The van der Waals surface area contributed by atoms with Gasteiger partial charge in [0.1, 0.15) is 6.04 Å². The van der Waals surface area contributed by atoms with Gasteiger partial charge in [-0.3, -0.25) is 9.79 Å². The Kier molecular flexibility index (Phi) is 5.08. The standard InChI is InChI=1S/C13H25N3OS/c1-8(2)10-7-18-12(15-10)14-9(3)11(17)16-13(4,5)6/h8-10H,7H2,1-6H3,(H,14,15)(H,16,17). The Morgan fingerprint density at radius 2 is 2.00 bits per heavy atom. The van der Waals surface area contributed by atoms with Crippen LogP contribution in [0.4, 0.5) is 0 Å². The number of nitrogens with one attached hydrogen (secondary N) is 2. The minimum atomic E-state index is -0.249. The maximum absolute atomic E-state index is 11.9. The fourth-order valence-electron chi connectivity index (χ4n) is 1.54. The molecular weight excluding hydrogens is 246 g/mol. The highest BCUT2D eigenvalue weighted by atomic mass is 32.2. The number of hydrogen-bond acceptors (Lipinski definition) is 4. The van der Waals surface area contributed by atoms with E-state index in [4.69, 9.17) is 0 Å². The van der Waals surface area contributed by atoms with Crippen molar-refractivity contribution in [2.75, 3.05) is 5.75 Å². The van der Waals surface area contributed by atoms with Gasteiger partial charge in [-0.05, 0) is 33.6 Å². The van der Waals surface area contributed by atoms with Crippen LogP contribution in [0.1, 0.15) is 41.5 Å². The lowest BCUT2D eigenvalue weighted by atomic mass is 10.1. The number of amides is 1. The van der Waals surface area contributed by atoms with Crippen LogP contribution in [0.15, 0.2) is 4.99 Å². The lowest BCUT2D eigenvalue weighted by Crippen LogP contribution is -2.50. The molecular formula is C13H25N3OS. The molecule has 1 aliphatic rings. The molecule has 1 heterocycles. The normalized spacial score (nSPS) is 21.7. The second kappa shape index (κ2) is 5.95. The van der Waals surface area contributed by atoms with Crippen LogP contribution in [0.2, 0.25) is 0 Å². The molecule has 4 nitrogen and oxygen atoms in total. The van der Waals surface area contributed by atoms with E-state index in [1.165, 1.54) is 0 Å². The molecule has 0 spiro atoms. The molecule has 0 bridgehead atoms. The fourth-order valence-corrected chi connectivity index (χ4v) is 2.80. The van der Waals surface area contributed by atoms with Gasteiger partial charge in [0.2, 0.25) is 5.91 Å². The van der Waals surface area contributed by atoms with Crippen molar-refractivity contribution in [3.8, 4) is 0 Å². The molecule has 0 radical (unpaired) electrons. The third-order valence-electron chi connectivity index (χ3n) is 2.67. The molecule has 0 aromatic rings. The predicted octanol–water partition coefficient (Wildman–Crippen LogP) is 2.01. The Labute approximate surface area is 114 Å². The Morgan fingerprint density at radius 3 is 2.44 bits per heavy atom. The molecule has 18 heavy (non-hydrogen) atoms. The van der Waals surface area contributed by atoms with E-state index in [9.17, 15) is 4.79 Å². The van der Waals surface area contributed by atoms with E-state index in [0.29, 0.717) is 12.0 Å². The average molecular weight is 271 g/mol. The molecule has 0 saturated carbocycles. The van der Waals surface area contributed by atoms with Gasteiger partial charge in [-0.25, -0.2) is 0 Å². The Bertz CT molecular complexity index is 334. The average Bonchev–Trinajstić information content (AvgIpc) is 2.63. The van der Waals surface area contributed by atoms with Crippen LogP contribution < -0.4 is 10.6 Å². The maximum Gasteiger partial charge on any atom is 0.242 e. The van der Waals surface area contributed by atoms with Crippen LogP contribution in [0.3, 0.4) is 0 Å². The van der Waals surface area contributed by atoms with Crippen LogP contribution in [0.25, 0.3) is 0 Å². The summed E-state index contributed by atoms with van der Waals surface area (Å²) in [6.45, 7) is 12.2. The third kappa shape index (κ3) is 4.88. The van der Waals surface area contributed by atoms with E-state index in [1.807, 2.05) is 27.7 Å². The smallest absolute Gasteiger partial charge is 0.242 e. The molecule has 0 aromatic carbocycles. The van der Waals surface area contributed by atoms with E-state index in [2.05, 4.69) is 29.5 Å². The van der Waals surface area contributed by atoms with Crippen molar-refractivity contribution in [3.63, 3.8) is 0 Å². The summed E-state index contributed by atoms with van der Waals surface area (Å²) in [6, 6.07) is 0.122. The van der Waals surface area contributed by atoms with Gasteiger partial charge >= 0.3 is 0 Å². The number of nitrogens with zero attached hydrogens (tertiary/aromatic N) is 1. The Morgan fingerprint density at radius 1 is 1.39 bits per heavy atom. The highest BCUT2D eigenvalue weighted by molar-refractivity contribution is 8.14. The first kappa shape index (κ1) is 15.3. The van der Waals surface area contributed by atoms with Crippen LogP contribution in [0, 0.1) is 5.92 Å². The summed E-state index contributed by atoms with van der Waals surface area (Å²) in [5.41, 5.74) is -0.196. The largest absolute Gasteiger partial charge is 0.353 e. The van der Waals surface area contributed by atoms with Gasteiger partial charge in [0.25, 0.3) is 0 Å². The summed E-state index contributed by atoms with van der Waals surface area (Å²) in [5.74, 6) is 1.57. The molecule has 1 aliphatic heterocycles. The minimum absolute atomic E-state index is 0.0128. The molecule has 0 aromatic heterocycles. The maximum atomic E-state index is 11.9. The van der Waals surface area contributed by atoms with Crippen LogP contribution in [-0.2, 0) is 4.79 Å². The van der Waals surface area contributed by atoms with Gasteiger partial charge in [0.15, 0.2) is 5.17 Å². The van der Waals surface area contributed by atoms with Crippen LogP contribution in [-0.4, -0.2) is 34.5 Å². The summed E-state index contributed by atoms with van der Waals surface area (Å²) in [6.07, 6.45) is 0. The van der Waals surface area contributed by atoms with E-state index in [1.54, 1.807) is 11.8 Å². The molecule has 0 fully saturated rings. The topological polar surface area (TPSA) is 53.5 Å². The summed E-state index contributed by atoms with van der Waals surface area (Å²) in [7, 11) is 0. The SMILES string of the molecule is CC(NC1=NC(C(C)C)CS1)C(=O)NC(C)(C)C. The molecule has 2 atom stereocenters. The van der Waals surface area contributed by atoms with Crippen molar-refractivity contribution in [3.05, 3.63) is 0 Å². The second-order valence-corrected chi connectivity index (χ2v) is 7.17. The Balaban J connectivity index is 2.48. The molecule has 2 unspecified atom stereocenters. The van der Waals surface area contributed by atoms with Gasteiger partial charge in [0.05, 0.1) is 6.04 Å². The molecule has 0 aliphatic carbocycles. The van der Waals surface area contributed by atoms with Crippen molar-refractivity contribution in [2.24, 2.45) is 10.9 Å². The quantitative estimate of drug-likeness (QED) is 0.825. The van der Waals surface area contributed by atoms with E-state index in [-0.39, 0.29) is 17.5 Å². The van der Waals surface area contributed by atoms with Gasteiger partial charge in [-0.15, -0.1) is 0 Å². The fraction of sp³-hybridized carbons (Fsp3) is 0.846. The van der Waals surface area contributed by atoms with Crippen molar-refractivity contribution in [1.29, 1.82) is 0 Å². The van der Waals surface area contributed by atoms with Crippen molar-refractivity contribution < 1.29 is 4.79 Å². The Hall–Kier alpha value is -0.710. The van der Waals surface area contributed by atoms with Gasteiger partial charge in [0, 0.05) is 11.3 Å². The molecule has 2 N–H and O–H groups in total. The molecule has 104 valence electrons. The first-order chi connectivity index (χ1) is 8.19. The summed E-state index contributed by atoms with van der Waals surface area (Å²) < 4.78 is 0. The molecule has 1 amide bonds. The third-order valence-corrected chi connectivity index (χ3v) is 3.68. The van der Waals surface area contributed by atoms with E-state index in [0.717, 1.165) is 10.9 Å². The number of hydrogen-bond donors (Lipinski definition) is 2. The van der Waals surface area contributed by atoms with E-state index < -0.39 is 0 Å². The lowest BCUT2D eigenvalue weighted by molar-refractivity contribution is -0.123. The molecule has 5 heteroatoms. The zero-order valence-corrected chi connectivity index (χ0v) is 13.0. The van der Waals surface area contributed by atoms with Crippen LogP contribution in [0.5, 0.6) is 0 Å². The van der Waals surface area contributed by atoms with Crippen molar-refractivity contribution >= 4 is 22.8 Å². The van der Waals surface area contributed by atoms with Gasteiger partial charge < -0.3 is 10.6 Å². The number of aliphatic imine (C=N–C) groups is 1. The summed E-state index contributed by atoms with van der Waals surface area (Å²) >= 11 is 1.70. The molecule has 1 rings (SSSR count). The highest BCUT2D eigenvalue weighted by Gasteiger charge is 2.25. The highest BCUT2D eigenvalue weighted by Crippen LogP contribution is 2.22. The minimum Gasteiger partial charge on any atom is -0.353 e. The number of carbonyl (C=O) groups is 1. The zero-order valence-electron chi connectivity index (χ0n) is 12.2. The summed E-state index contributed by atoms with van der Waals surface area (Å²) in [4.78, 5) is 16.5. The molecule has 0 saturated heterocycles. The van der Waals surface area contributed by atoms with Crippen LogP contribution >= 0.6 is 11.8 Å². The monoisotopic (exact) mass is 271 g/mol. The zero-order chi connectivity index (χ0) is 13.9. The number of rotatable bonds is 3. The van der Waals surface area contributed by atoms with E-state index >= 15 is 0 Å². The summed E-state index contributed by atoms with van der Waals surface area (Å²) in [5, 5.41) is 7.04. The second-order valence-electron chi connectivity index (χ2n) is 6.16. The lowest BCUT2D eigenvalue weighted by Gasteiger charge is -2.23. The van der Waals surface area contributed by atoms with Gasteiger partial charge in [-0.2, -0.15) is 0 Å². The first-order valence-electron chi connectivity index (χ1n) is 6.48.